The molecule has 0 aliphatic heterocycles. The summed E-state index contributed by atoms with van der Waals surface area (Å²) in [7, 11) is 0. The number of rotatable bonds is 7. The number of alkyl carbamates (subject to hydrolysis) is 1. The maximum Gasteiger partial charge on any atom is 0.407 e. The molecule has 166 valence electrons. The van der Waals surface area contributed by atoms with Crippen LogP contribution in [0.3, 0.4) is 0 Å². The Labute approximate surface area is 179 Å². The van der Waals surface area contributed by atoms with Gasteiger partial charge in [0, 0.05) is 31.3 Å². The molecule has 0 aliphatic carbocycles. The summed E-state index contributed by atoms with van der Waals surface area (Å²) in [5, 5.41) is 8.18. The van der Waals surface area contributed by atoms with Crippen molar-refractivity contribution in [2.45, 2.75) is 67.0 Å². The number of allylic oxidation sites excluding steroid dienone is 1. The molecule has 0 unspecified atom stereocenters. The normalized spacial score (nSPS) is 12.2. The van der Waals surface area contributed by atoms with E-state index in [4.69, 9.17) is 4.74 Å². The first-order valence-corrected chi connectivity index (χ1v) is 10.1. The minimum Gasteiger partial charge on any atom is -0.444 e. The lowest BCUT2D eigenvalue weighted by Gasteiger charge is -2.19. The van der Waals surface area contributed by atoms with E-state index in [2.05, 4.69) is 36.7 Å². The predicted octanol–water partition coefficient (Wildman–Crippen LogP) is 4.15. The quantitative estimate of drug-likeness (QED) is 0.581. The monoisotopic (exact) mass is 417 g/mol. The molecule has 0 atom stereocenters. The average Bonchev–Trinajstić information content (AvgIpc) is 2.58. The van der Waals surface area contributed by atoms with Crippen LogP contribution < -0.4 is 16.0 Å². The van der Waals surface area contributed by atoms with Crippen molar-refractivity contribution in [3.8, 4) is 0 Å². The number of hydrogen-bond acceptors (Lipinski definition) is 4. The van der Waals surface area contributed by atoms with Gasteiger partial charge in [-0.05, 0) is 50.8 Å². The summed E-state index contributed by atoms with van der Waals surface area (Å²) in [5.74, 6) is -0.341. The number of carbonyl (C=O) groups excluding carboxylic acids is 3. The van der Waals surface area contributed by atoms with Crippen molar-refractivity contribution in [3.05, 3.63) is 41.5 Å². The number of hydrogen-bond donors (Lipinski definition) is 3. The number of ether oxygens (including phenoxy) is 1. The Balaban J connectivity index is 2.40. The van der Waals surface area contributed by atoms with Gasteiger partial charge in [-0.25, -0.2) is 4.79 Å². The van der Waals surface area contributed by atoms with Gasteiger partial charge in [0.2, 0.25) is 11.8 Å². The van der Waals surface area contributed by atoms with E-state index in [0.29, 0.717) is 12.2 Å². The van der Waals surface area contributed by atoms with Gasteiger partial charge in [-0.3, -0.25) is 9.59 Å². The largest absolute Gasteiger partial charge is 0.444 e. The minimum absolute atomic E-state index is 0.0537. The molecule has 7 heteroatoms. The first-order valence-electron chi connectivity index (χ1n) is 10.1. The van der Waals surface area contributed by atoms with E-state index < -0.39 is 11.7 Å². The van der Waals surface area contributed by atoms with Crippen LogP contribution in [-0.4, -0.2) is 30.1 Å². The van der Waals surface area contributed by atoms with E-state index in [-0.39, 0.29) is 30.2 Å². The predicted molar refractivity (Wildman–Crippen MR) is 119 cm³/mol. The van der Waals surface area contributed by atoms with Crippen LogP contribution >= 0.6 is 0 Å². The van der Waals surface area contributed by atoms with Gasteiger partial charge in [0.1, 0.15) is 5.60 Å². The highest BCUT2D eigenvalue weighted by molar-refractivity contribution is 5.99. The van der Waals surface area contributed by atoms with Crippen LogP contribution in [0.25, 0.3) is 0 Å². The Morgan fingerprint density at radius 2 is 1.57 bits per heavy atom. The molecule has 3 N–H and O–H groups in total. The van der Waals surface area contributed by atoms with Crippen molar-refractivity contribution >= 4 is 23.6 Å². The van der Waals surface area contributed by atoms with E-state index in [9.17, 15) is 14.4 Å². The van der Waals surface area contributed by atoms with Crippen LogP contribution in [-0.2, 0) is 20.9 Å². The van der Waals surface area contributed by atoms with Crippen LogP contribution in [0.1, 0.15) is 60.5 Å². The van der Waals surface area contributed by atoms with E-state index in [1.807, 2.05) is 19.1 Å². The summed E-state index contributed by atoms with van der Waals surface area (Å²) < 4.78 is 5.11. The smallest absolute Gasteiger partial charge is 0.407 e. The highest BCUT2D eigenvalue weighted by Crippen LogP contribution is 2.24. The standard InChI is InChI=1S/C23H35N3O4/c1-16(22(2,3)4)14-20(28)26-18-10-8-17(9-11-18)15-25-19(27)12-13-24-21(29)30-23(5,6)7/h8-11,14H,12-13,15H2,1-7H3,(H,24,29)(H,25,27)(H,26,28)/b16-14+. The summed E-state index contributed by atoms with van der Waals surface area (Å²) in [4.78, 5) is 35.6. The number of nitrogens with one attached hydrogen (secondary N) is 3. The Bertz CT molecular complexity index is 769. The molecule has 0 saturated carbocycles. The summed E-state index contributed by atoms with van der Waals surface area (Å²) in [6, 6.07) is 7.28. The van der Waals surface area contributed by atoms with Crippen LogP contribution in [0.15, 0.2) is 35.9 Å². The third-order valence-corrected chi connectivity index (χ3v) is 4.26. The maximum absolute atomic E-state index is 12.1. The Kier molecular flexibility index (Phi) is 9.08. The number of benzene rings is 1. The van der Waals surface area contributed by atoms with Crippen molar-refractivity contribution in [3.63, 3.8) is 0 Å². The number of anilines is 1. The molecule has 1 rings (SSSR count). The van der Waals surface area contributed by atoms with Gasteiger partial charge in [0.05, 0.1) is 0 Å². The lowest BCUT2D eigenvalue weighted by atomic mass is 9.87. The first-order chi connectivity index (χ1) is 13.8. The zero-order valence-electron chi connectivity index (χ0n) is 19.1. The number of carbonyl (C=O) groups is 3. The third-order valence-electron chi connectivity index (χ3n) is 4.26. The SMILES string of the molecule is C/C(=C\C(=O)Nc1ccc(CNC(=O)CCNC(=O)OC(C)(C)C)cc1)C(C)(C)C. The molecule has 7 nitrogen and oxygen atoms in total. The minimum atomic E-state index is -0.570. The molecule has 0 spiro atoms. The summed E-state index contributed by atoms with van der Waals surface area (Å²) in [6.07, 6.45) is 1.23. The second-order valence-electron chi connectivity index (χ2n) is 9.22. The van der Waals surface area contributed by atoms with E-state index in [1.54, 1.807) is 39.0 Å². The van der Waals surface area contributed by atoms with E-state index in [0.717, 1.165) is 11.1 Å². The van der Waals surface area contributed by atoms with Crippen molar-refractivity contribution < 1.29 is 19.1 Å². The molecule has 0 heterocycles. The van der Waals surface area contributed by atoms with Gasteiger partial charge in [-0.15, -0.1) is 0 Å². The highest BCUT2D eigenvalue weighted by Gasteiger charge is 2.16. The molecule has 1 aromatic carbocycles. The third kappa shape index (κ3) is 10.6. The molecule has 30 heavy (non-hydrogen) atoms. The van der Waals surface area contributed by atoms with Crippen molar-refractivity contribution in [1.82, 2.24) is 10.6 Å². The van der Waals surface area contributed by atoms with E-state index in [1.165, 1.54) is 0 Å². The topological polar surface area (TPSA) is 96.5 Å². The maximum atomic E-state index is 12.1. The molecule has 0 radical (unpaired) electrons. The summed E-state index contributed by atoms with van der Waals surface area (Å²) >= 11 is 0. The fraction of sp³-hybridized carbons (Fsp3) is 0.522. The lowest BCUT2D eigenvalue weighted by Crippen LogP contribution is -2.35. The van der Waals surface area contributed by atoms with Crippen LogP contribution in [0, 0.1) is 5.41 Å². The van der Waals surface area contributed by atoms with Gasteiger partial charge in [-0.1, -0.05) is 38.5 Å². The second kappa shape index (κ2) is 10.8. The van der Waals surface area contributed by atoms with Gasteiger partial charge in [-0.2, -0.15) is 0 Å². The van der Waals surface area contributed by atoms with E-state index >= 15 is 0 Å². The average molecular weight is 418 g/mol. The van der Waals surface area contributed by atoms with Gasteiger partial charge < -0.3 is 20.7 Å². The molecular formula is C23H35N3O4. The Morgan fingerprint density at radius 3 is 2.10 bits per heavy atom. The molecule has 0 aromatic heterocycles. The van der Waals surface area contributed by atoms with Crippen LogP contribution in [0.5, 0.6) is 0 Å². The van der Waals surface area contributed by atoms with Crippen molar-refractivity contribution in [1.29, 1.82) is 0 Å². The van der Waals surface area contributed by atoms with Crippen LogP contribution in [0.4, 0.5) is 10.5 Å². The lowest BCUT2D eigenvalue weighted by molar-refractivity contribution is -0.121. The van der Waals surface area contributed by atoms with Gasteiger partial charge >= 0.3 is 6.09 Å². The summed E-state index contributed by atoms with van der Waals surface area (Å²) in [6.45, 7) is 14.0. The fourth-order valence-electron chi connectivity index (χ4n) is 2.18. The molecule has 0 saturated heterocycles. The summed E-state index contributed by atoms with van der Waals surface area (Å²) in [5.41, 5.74) is 1.97. The molecular weight excluding hydrogens is 382 g/mol. The number of amides is 3. The molecule has 3 amide bonds. The van der Waals surface area contributed by atoms with Gasteiger partial charge in [0.25, 0.3) is 0 Å². The Morgan fingerprint density at radius 1 is 0.967 bits per heavy atom. The molecule has 1 aromatic rings. The molecule has 0 fully saturated rings. The highest BCUT2D eigenvalue weighted by atomic mass is 16.6. The second-order valence-corrected chi connectivity index (χ2v) is 9.22. The zero-order chi connectivity index (χ0) is 22.9. The molecule has 0 aliphatic rings. The molecule has 0 bridgehead atoms. The first kappa shape index (κ1) is 25.2. The zero-order valence-corrected chi connectivity index (χ0v) is 19.1. The van der Waals surface area contributed by atoms with Crippen molar-refractivity contribution in [2.75, 3.05) is 11.9 Å². The van der Waals surface area contributed by atoms with Gasteiger partial charge in [0.15, 0.2) is 0 Å². The Hall–Kier alpha value is -2.83. The van der Waals surface area contributed by atoms with Crippen molar-refractivity contribution in [2.24, 2.45) is 5.41 Å². The van der Waals surface area contributed by atoms with Crippen LogP contribution in [0.2, 0.25) is 0 Å². The fourth-order valence-corrected chi connectivity index (χ4v) is 2.18.